The van der Waals surface area contributed by atoms with Crippen LogP contribution in [-0.2, 0) is 19.2 Å². The van der Waals surface area contributed by atoms with Gasteiger partial charge in [-0.15, -0.1) is 0 Å². The third kappa shape index (κ3) is 3.99. The molecular weight excluding hydrogens is 602 g/mol. The summed E-state index contributed by atoms with van der Waals surface area (Å²) in [5, 5.41) is 10.7. The number of phenolic OH excluding ortho intramolecular Hbond substituents is 1. The van der Waals surface area contributed by atoms with E-state index in [1.807, 2.05) is 6.08 Å². The smallest absolute Gasteiger partial charge is 0.241 e. The number of halogens is 3. The van der Waals surface area contributed by atoms with Crippen molar-refractivity contribution in [3.05, 3.63) is 107 Å². The van der Waals surface area contributed by atoms with E-state index in [1.165, 1.54) is 29.2 Å². The fourth-order valence-electron chi connectivity index (χ4n) is 8.01. The number of para-hydroxylation sites is 1. The highest BCUT2D eigenvalue weighted by atomic mass is 35.5. The average molecular weight is 629 g/mol. The Kier molecular flexibility index (Phi) is 6.60. The molecule has 0 radical (unpaired) electrons. The van der Waals surface area contributed by atoms with Gasteiger partial charge in [0.2, 0.25) is 23.6 Å². The van der Waals surface area contributed by atoms with E-state index >= 15 is 0 Å². The molecule has 0 aromatic heterocycles. The van der Waals surface area contributed by atoms with Gasteiger partial charge in [-0.05, 0) is 67.6 Å². The number of nitrogens with zero attached hydrogens (tertiary/aromatic N) is 2. The lowest BCUT2D eigenvalue weighted by atomic mass is 9.51. The summed E-state index contributed by atoms with van der Waals surface area (Å²) in [7, 11) is 0. The molecule has 45 heavy (non-hydrogen) atoms. The van der Waals surface area contributed by atoms with Gasteiger partial charge in [-0.2, -0.15) is 0 Å². The van der Waals surface area contributed by atoms with Crippen LogP contribution in [0.3, 0.4) is 0 Å². The number of hydrogen-bond acceptors (Lipinski definition) is 5. The first-order valence-corrected chi connectivity index (χ1v) is 15.0. The van der Waals surface area contributed by atoms with Gasteiger partial charge in [-0.1, -0.05) is 60.2 Å². The Morgan fingerprint density at radius 1 is 0.911 bits per heavy atom. The number of fused-ring (bicyclic) bond motifs is 4. The van der Waals surface area contributed by atoms with Gasteiger partial charge in [0.15, 0.2) is 11.6 Å². The van der Waals surface area contributed by atoms with Gasteiger partial charge in [0.05, 0.1) is 39.6 Å². The van der Waals surface area contributed by atoms with Crippen molar-refractivity contribution < 1.29 is 33.1 Å². The lowest BCUT2D eigenvalue weighted by Crippen LogP contribution is -2.49. The minimum atomic E-state index is -1.51. The van der Waals surface area contributed by atoms with Crippen LogP contribution in [0.25, 0.3) is 6.08 Å². The number of imide groups is 2. The summed E-state index contributed by atoms with van der Waals surface area (Å²) in [4.78, 5) is 58.6. The number of phenols is 1. The summed E-state index contributed by atoms with van der Waals surface area (Å²) in [5.74, 6) is -8.46. The van der Waals surface area contributed by atoms with Crippen LogP contribution in [0.4, 0.5) is 20.2 Å². The molecule has 7 rings (SSSR count). The Labute approximate surface area is 262 Å². The summed E-state index contributed by atoms with van der Waals surface area (Å²) in [6.45, 7) is 5.35. The maximum absolute atomic E-state index is 14.9. The second-order valence-corrected chi connectivity index (χ2v) is 12.7. The van der Waals surface area contributed by atoms with Crippen molar-refractivity contribution in [2.45, 2.75) is 25.7 Å². The Morgan fingerprint density at radius 2 is 1.62 bits per heavy atom. The molecule has 3 fully saturated rings. The molecule has 10 heteroatoms. The lowest BCUT2D eigenvalue weighted by Gasteiger charge is -2.49. The molecule has 1 N–H and O–H groups in total. The second kappa shape index (κ2) is 10.2. The monoisotopic (exact) mass is 628 g/mol. The maximum atomic E-state index is 14.9. The van der Waals surface area contributed by atoms with Crippen LogP contribution in [0.5, 0.6) is 5.75 Å². The van der Waals surface area contributed by atoms with E-state index in [0.29, 0.717) is 11.3 Å². The molecule has 2 heterocycles. The van der Waals surface area contributed by atoms with Crippen LogP contribution in [0, 0.1) is 40.7 Å². The Morgan fingerprint density at radius 3 is 2.31 bits per heavy atom. The number of benzene rings is 3. The molecule has 1 saturated carbocycles. The van der Waals surface area contributed by atoms with Crippen molar-refractivity contribution in [3.8, 4) is 5.75 Å². The fourth-order valence-corrected chi connectivity index (χ4v) is 8.18. The average Bonchev–Trinajstić information content (AvgIpc) is 3.40. The normalized spacial score (nSPS) is 29.0. The van der Waals surface area contributed by atoms with Crippen LogP contribution in [0.1, 0.15) is 36.8 Å². The summed E-state index contributed by atoms with van der Waals surface area (Å²) in [6, 6.07) is 14.4. The first kappa shape index (κ1) is 29.1. The summed E-state index contributed by atoms with van der Waals surface area (Å²) in [5.41, 5.74) is 0.500. The highest BCUT2D eigenvalue weighted by Gasteiger charge is 2.68. The molecule has 3 aromatic carbocycles. The van der Waals surface area contributed by atoms with E-state index in [1.54, 1.807) is 37.3 Å². The number of amides is 4. The number of allylic oxidation sites excluding steroid dienone is 2. The van der Waals surface area contributed by atoms with Crippen molar-refractivity contribution in [1.82, 2.24) is 0 Å². The molecule has 4 aliphatic rings. The second-order valence-electron chi connectivity index (χ2n) is 12.2. The van der Waals surface area contributed by atoms with Crippen molar-refractivity contribution in [2.24, 2.45) is 29.1 Å². The summed E-state index contributed by atoms with van der Waals surface area (Å²) < 4.78 is 28.9. The van der Waals surface area contributed by atoms with Crippen molar-refractivity contribution >= 4 is 52.7 Å². The number of rotatable bonds is 4. The highest BCUT2D eigenvalue weighted by molar-refractivity contribution is 6.32. The predicted molar refractivity (Wildman–Crippen MR) is 163 cm³/mol. The van der Waals surface area contributed by atoms with E-state index in [2.05, 4.69) is 6.58 Å². The zero-order valence-corrected chi connectivity index (χ0v) is 24.8. The minimum Gasteiger partial charge on any atom is -0.505 e. The van der Waals surface area contributed by atoms with E-state index in [0.717, 1.165) is 22.6 Å². The zero-order valence-electron chi connectivity index (χ0n) is 24.0. The first-order valence-electron chi connectivity index (χ1n) is 14.6. The molecule has 0 spiro atoms. The molecule has 228 valence electrons. The third-order valence-corrected chi connectivity index (χ3v) is 10.4. The van der Waals surface area contributed by atoms with Gasteiger partial charge in [-0.25, -0.2) is 13.7 Å². The van der Waals surface area contributed by atoms with Crippen LogP contribution < -0.4 is 9.80 Å². The number of hydrogen-bond donors (Lipinski definition) is 1. The maximum Gasteiger partial charge on any atom is 0.241 e. The van der Waals surface area contributed by atoms with Crippen molar-refractivity contribution in [2.75, 3.05) is 9.80 Å². The standard InChI is InChI=1S/C35H27ClF2N2O5/c1-3-17-7-9-18(10-8-17)39-31(42)21-13-12-20-23(28(21)33(39)44)16-24-32(43)40(19-11-14-26(37)25(36)15-19)34(45)35(24,2)29(20)22-5-4-6-27(38)30(22)41/h3-12,14-15,21,23-24,28-29,41H,1,13,16H2,2H3/t21-,23+,24-,28-,29+,35+/m0/s1. The fraction of sp³-hybridized carbons (Fsp3) is 0.257. The van der Waals surface area contributed by atoms with E-state index in [4.69, 9.17) is 11.6 Å². The molecule has 0 bridgehead atoms. The van der Waals surface area contributed by atoms with E-state index in [9.17, 15) is 33.1 Å². The Hall–Kier alpha value is -4.63. The predicted octanol–water partition coefficient (Wildman–Crippen LogP) is 6.40. The first-order chi connectivity index (χ1) is 21.5. The SMILES string of the molecule is C=Cc1ccc(N2C(=O)[C@H]3[C@H](CC=C4[C@H]3C[C@H]3C(=O)N(c5ccc(F)c(Cl)c5)C(=O)[C@@]3(C)[C@H]4c3cccc(F)c3O)C2=O)cc1. The minimum absolute atomic E-state index is 0.0638. The largest absolute Gasteiger partial charge is 0.505 e. The molecule has 2 aliphatic carbocycles. The number of anilines is 2. The molecular formula is C35H27ClF2N2O5. The molecule has 3 aromatic rings. The summed E-state index contributed by atoms with van der Waals surface area (Å²) >= 11 is 6.02. The number of carbonyl (C=O) groups excluding carboxylic acids is 4. The van der Waals surface area contributed by atoms with E-state index in [-0.39, 0.29) is 35.0 Å². The van der Waals surface area contributed by atoms with Gasteiger partial charge in [0.25, 0.3) is 0 Å². The topological polar surface area (TPSA) is 95.0 Å². The van der Waals surface area contributed by atoms with Crippen LogP contribution in [0.2, 0.25) is 5.02 Å². The molecule has 7 nitrogen and oxygen atoms in total. The molecule has 2 aliphatic heterocycles. The third-order valence-electron chi connectivity index (χ3n) is 10.2. The van der Waals surface area contributed by atoms with Gasteiger partial charge < -0.3 is 5.11 Å². The van der Waals surface area contributed by atoms with Gasteiger partial charge >= 0.3 is 0 Å². The van der Waals surface area contributed by atoms with Crippen LogP contribution >= 0.6 is 11.6 Å². The van der Waals surface area contributed by atoms with Crippen molar-refractivity contribution in [3.63, 3.8) is 0 Å². The number of aromatic hydroxyl groups is 1. The van der Waals surface area contributed by atoms with Crippen LogP contribution in [-0.4, -0.2) is 28.7 Å². The van der Waals surface area contributed by atoms with E-state index < -0.39 is 70.1 Å². The number of carbonyl (C=O) groups is 4. The molecule has 4 amide bonds. The van der Waals surface area contributed by atoms with Crippen molar-refractivity contribution in [1.29, 1.82) is 0 Å². The Bertz CT molecular complexity index is 1870. The quantitative estimate of drug-likeness (QED) is 0.266. The molecule has 0 unspecified atom stereocenters. The van der Waals surface area contributed by atoms with Gasteiger partial charge in [0, 0.05) is 11.5 Å². The highest BCUT2D eigenvalue weighted by Crippen LogP contribution is 2.64. The van der Waals surface area contributed by atoms with Crippen LogP contribution in [0.15, 0.2) is 78.9 Å². The summed E-state index contributed by atoms with van der Waals surface area (Å²) in [6.07, 6.45) is 3.72. The lowest BCUT2D eigenvalue weighted by molar-refractivity contribution is -0.131. The molecule has 6 atom stereocenters. The molecule has 2 saturated heterocycles. The van der Waals surface area contributed by atoms with Gasteiger partial charge in [0.1, 0.15) is 5.82 Å². The Balaban J connectivity index is 1.37. The zero-order chi connectivity index (χ0) is 31.9. The van der Waals surface area contributed by atoms with Gasteiger partial charge in [-0.3, -0.25) is 24.1 Å².